The van der Waals surface area contributed by atoms with Gasteiger partial charge in [-0.1, -0.05) is 13.0 Å². The van der Waals surface area contributed by atoms with Crippen LogP contribution in [0.4, 0.5) is 5.82 Å². The third-order valence-electron chi connectivity index (χ3n) is 2.34. The number of nitrogens with zero attached hydrogens (tertiary/aromatic N) is 2. The number of aryl methyl sites for hydroxylation is 1. The molecular weight excluding hydrogens is 174 g/mol. The van der Waals surface area contributed by atoms with Crippen LogP contribution in [-0.4, -0.2) is 17.0 Å². The lowest BCUT2D eigenvalue weighted by Crippen LogP contribution is -1.95. The average molecular weight is 187 g/mol. The standard InChI is InChI=1S/C11H13N3/c1-3-8-4-5-10-9(6-8)11(12-2)14-7-13-10/h4-7H,3H2,1-2H3,(H,12,13,14). The second kappa shape index (κ2) is 3.62. The van der Waals surface area contributed by atoms with E-state index in [0.717, 1.165) is 23.1 Å². The van der Waals surface area contributed by atoms with Crippen LogP contribution >= 0.6 is 0 Å². The van der Waals surface area contributed by atoms with Gasteiger partial charge in [0.2, 0.25) is 0 Å². The summed E-state index contributed by atoms with van der Waals surface area (Å²) in [5.41, 5.74) is 2.30. The smallest absolute Gasteiger partial charge is 0.137 e. The number of aromatic nitrogens is 2. The zero-order valence-corrected chi connectivity index (χ0v) is 8.41. The van der Waals surface area contributed by atoms with Crippen molar-refractivity contribution >= 4 is 16.7 Å². The number of benzene rings is 1. The van der Waals surface area contributed by atoms with E-state index in [2.05, 4.69) is 34.3 Å². The Bertz CT molecular complexity index is 451. The van der Waals surface area contributed by atoms with Crippen molar-refractivity contribution in [1.29, 1.82) is 0 Å². The molecule has 1 N–H and O–H groups in total. The minimum atomic E-state index is 0.894. The molecule has 0 aliphatic heterocycles. The summed E-state index contributed by atoms with van der Waals surface area (Å²) < 4.78 is 0. The van der Waals surface area contributed by atoms with Gasteiger partial charge in [-0.15, -0.1) is 0 Å². The second-order valence-electron chi connectivity index (χ2n) is 3.18. The van der Waals surface area contributed by atoms with Crippen LogP contribution in [0.5, 0.6) is 0 Å². The van der Waals surface area contributed by atoms with E-state index in [9.17, 15) is 0 Å². The van der Waals surface area contributed by atoms with E-state index in [1.165, 1.54) is 5.56 Å². The van der Waals surface area contributed by atoms with Crippen molar-refractivity contribution in [2.24, 2.45) is 0 Å². The van der Waals surface area contributed by atoms with Crippen molar-refractivity contribution in [1.82, 2.24) is 9.97 Å². The number of rotatable bonds is 2. The van der Waals surface area contributed by atoms with Gasteiger partial charge >= 0.3 is 0 Å². The second-order valence-corrected chi connectivity index (χ2v) is 3.18. The Hall–Kier alpha value is -1.64. The molecule has 2 aromatic rings. The van der Waals surface area contributed by atoms with Crippen molar-refractivity contribution in [3.63, 3.8) is 0 Å². The van der Waals surface area contributed by atoms with Gasteiger partial charge in [0.1, 0.15) is 12.1 Å². The average Bonchev–Trinajstić information content (AvgIpc) is 2.27. The normalized spacial score (nSPS) is 10.4. The molecule has 3 nitrogen and oxygen atoms in total. The summed E-state index contributed by atoms with van der Waals surface area (Å²) in [6.45, 7) is 2.14. The Balaban J connectivity index is 2.70. The molecule has 0 amide bonds. The maximum atomic E-state index is 4.21. The van der Waals surface area contributed by atoms with E-state index in [4.69, 9.17) is 0 Å². The Morgan fingerprint density at radius 3 is 2.86 bits per heavy atom. The third-order valence-corrected chi connectivity index (χ3v) is 2.34. The minimum Gasteiger partial charge on any atom is -0.373 e. The highest BCUT2D eigenvalue weighted by Crippen LogP contribution is 2.20. The van der Waals surface area contributed by atoms with Crippen molar-refractivity contribution in [2.45, 2.75) is 13.3 Å². The number of anilines is 1. The van der Waals surface area contributed by atoms with Crippen LogP contribution in [0.25, 0.3) is 10.9 Å². The molecule has 14 heavy (non-hydrogen) atoms. The largest absolute Gasteiger partial charge is 0.373 e. The van der Waals surface area contributed by atoms with Crippen LogP contribution < -0.4 is 5.32 Å². The fourth-order valence-electron chi connectivity index (χ4n) is 1.52. The quantitative estimate of drug-likeness (QED) is 0.783. The molecule has 1 heterocycles. The zero-order chi connectivity index (χ0) is 9.97. The SMILES string of the molecule is CCc1ccc2ncnc(NC)c2c1. The lowest BCUT2D eigenvalue weighted by molar-refractivity contribution is 1.14. The van der Waals surface area contributed by atoms with Crippen molar-refractivity contribution < 1.29 is 0 Å². The summed E-state index contributed by atoms with van der Waals surface area (Å²) in [6, 6.07) is 6.28. The molecule has 0 atom stereocenters. The number of nitrogens with one attached hydrogen (secondary N) is 1. The number of hydrogen-bond acceptors (Lipinski definition) is 3. The molecule has 0 bridgehead atoms. The van der Waals surface area contributed by atoms with Crippen LogP contribution in [0.15, 0.2) is 24.5 Å². The first-order chi connectivity index (χ1) is 6.85. The molecule has 0 fully saturated rings. The predicted octanol–water partition coefficient (Wildman–Crippen LogP) is 2.23. The number of fused-ring (bicyclic) bond motifs is 1. The summed E-state index contributed by atoms with van der Waals surface area (Å²) in [7, 11) is 1.88. The lowest BCUT2D eigenvalue weighted by Gasteiger charge is -2.05. The monoisotopic (exact) mass is 187 g/mol. The van der Waals surface area contributed by atoms with E-state index in [-0.39, 0.29) is 0 Å². The van der Waals surface area contributed by atoms with E-state index in [0.29, 0.717) is 0 Å². The van der Waals surface area contributed by atoms with Gasteiger partial charge in [-0.2, -0.15) is 0 Å². The van der Waals surface area contributed by atoms with Crippen molar-refractivity contribution in [2.75, 3.05) is 12.4 Å². The van der Waals surface area contributed by atoms with Gasteiger partial charge in [-0.3, -0.25) is 0 Å². The van der Waals surface area contributed by atoms with Gasteiger partial charge in [0, 0.05) is 12.4 Å². The third kappa shape index (κ3) is 1.41. The van der Waals surface area contributed by atoms with E-state index >= 15 is 0 Å². The molecule has 0 spiro atoms. The maximum Gasteiger partial charge on any atom is 0.137 e. The van der Waals surface area contributed by atoms with E-state index < -0.39 is 0 Å². The fourth-order valence-corrected chi connectivity index (χ4v) is 1.52. The minimum absolute atomic E-state index is 0.894. The molecule has 0 aliphatic carbocycles. The summed E-state index contributed by atoms with van der Waals surface area (Å²) in [4.78, 5) is 8.39. The Labute approximate surface area is 83.2 Å². The predicted molar refractivity (Wildman–Crippen MR) is 58.5 cm³/mol. The van der Waals surface area contributed by atoms with Crippen molar-refractivity contribution in [3.05, 3.63) is 30.1 Å². The van der Waals surface area contributed by atoms with Gasteiger partial charge in [-0.25, -0.2) is 9.97 Å². The molecule has 0 saturated carbocycles. The first-order valence-electron chi connectivity index (χ1n) is 4.76. The first kappa shape index (κ1) is 8.94. The van der Waals surface area contributed by atoms with Crippen LogP contribution in [-0.2, 0) is 6.42 Å². The molecule has 1 aromatic carbocycles. The van der Waals surface area contributed by atoms with Gasteiger partial charge < -0.3 is 5.32 Å². The van der Waals surface area contributed by atoms with Gasteiger partial charge in [-0.05, 0) is 24.1 Å². The van der Waals surface area contributed by atoms with Crippen LogP contribution in [0.3, 0.4) is 0 Å². The molecule has 0 unspecified atom stereocenters. The van der Waals surface area contributed by atoms with Crippen LogP contribution in [0.1, 0.15) is 12.5 Å². The molecule has 2 rings (SSSR count). The highest BCUT2D eigenvalue weighted by Gasteiger charge is 2.01. The summed E-state index contributed by atoms with van der Waals surface area (Å²) >= 11 is 0. The summed E-state index contributed by atoms with van der Waals surface area (Å²) in [6.07, 6.45) is 2.62. The van der Waals surface area contributed by atoms with Gasteiger partial charge in [0.15, 0.2) is 0 Å². The van der Waals surface area contributed by atoms with Crippen molar-refractivity contribution in [3.8, 4) is 0 Å². The number of hydrogen-bond donors (Lipinski definition) is 1. The summed E-state index contributed by atoms with van der Waals surface area (Å²) in [5, 5.41) is 4.16. The van der Waals surface area contributed by atoms with Gasteiger partial charge in [0.05, 0.1) is 5.52 Å². The highest BCUT2D eigenvalue weighted by atomic mass is 15.0. The molecule has 0 radical (unpaired) electrons. The molecule has 0 aliphatic rings. The topological polar surface area (TPSA) is 37.8 Å². The van der Waals surface area contributed by atoms with Gasteiger partial charge in [0.25, 0.3) is 0 Å². The Morgan fingerprint density at radius 2 is 2.14 bits per heavy atom. The Morgan fingerprint density at radius 1 is 1.29 bits per heavy atom. The molecule has 0 saturated heterocycles. The highest BCUT2D eigenvalue weighted by molar-refractivity contribution is 5.89. The van der Waals surface area contributed by atoms with E-state index in [1.54, 1.807) is 6.33 Å². The molecule has 1 aromatic heterocycles. The lowest BCUT2D eigenvalue weighted by atomic mass is 10.1. The first-order valence-corrected chi connectivity index (χ1v) is 4.76. The van der Waals surface area contributed by atoms with E-state index in [1.807, 2.05) is 13.1 Å². The van der Waals surface area contributed by atoms with Crippen LogP contribution in [0.2, 0.25) is 0 Å². The Kier molecular flexibility index (Phi) is 2.31. The molecular formula is C11H13N3. The molecule has 3 heteroatoms. The van der Waals surface area contributed by atoms with Crippen LogP contribution in [0, 0.1) is 0 Å². The molecule has 72 valence electrons. The maximum absolute atomic E-state index is 4.21. The zero-order valence-electron chi connectivity index (χ0n) is 8.41. The fraction of sp³-hybridized carbons (Fsp3) is 0.273. The summed E-state index contributed by atoms with van der Waals surface area (Å²) in [5.74, 6) is 0.894.